The molecule has 0 aliphatic heterocycles. The van der Waals surface area contributed by atoms with Crippen molar-refractivity contribution in [3.05, 3.63) is 29.6 Å². The third kappa shape index (κ3) is 4.47. The summed E-state index contributed by atoms with van der Waals surface area (Å²) >= 11 is 0. The van der Waals surface area contributed by atoms with E-state index >= 15 is 0 Å². The van der Waals surface area contributed by atoms with Gasteiger partial charge in [-0.3, -0.25) is 9.88 Å². The fourth-order valence-electron chi connectivity index (χ4n) is 1.97. The summed E-state index contributed by atoms with van der Waals surface area (Å²) in [5.74, 6) is 0.838. The minimum atomic E-state index is 0.0407. The van der Waals surface area contributed by atoms with Gasteiger partial charge in [-0.15, -0.1) is 0 Å². The number of aromatic nitrogens is 1. The Morgan fingerprint density at radius 3 is 3.10 bits per heavy atom. The Bertz CT molecular complexity index is 460. The maximum atomic E-state index is 8.77. The molecular weight excluding hydrogens is 256 g/mol. The molecule has 0 atom stereocenters. The van der Waals surface area contributed by atoms with E-state index in [1.54, 1.807) is 6.20 Å². The lowest BCUT2D eigenvalue weighted by Crippen LogP contribution is -2.26. The van der Waals surface area contributed by atoms with Crippen LogP contribution in [0.1, 0.15) is 24.1 Å². The first-order chi connectivity index (χ1) is 9.70. The molecule has 1 aromatic rings. The molecule has 6 heteroatoms. The second-order valence-corrected chi connectivity index (χ2v) is 5.25. The van der Waals surface area contributed by atoms with E-state index in [0.29, 0.717) is 12.2 Å². The number of hydrogen-bond donors (Lipinski definition) is 2. The van der Waals surface area contributed by atoms with Crippen molar-refractivity contribution in [3.63, 3.8) is 0 Å². The lowest BCUT2D eigenvalue weighted by Gasteiger charge is -2.18. The summed E-state index contributed by atoms with van der Waals surface area (Å²) in [6.45, 7) is 3.14. The summed E-state index contributed by atoms with van der Waals surface area (Å²) in [5, 5.41) is 11.8. The average molecular weight is 278 g/mol. The van der Waals surface area contributed by atoms with Crippen molar-refractivity contribution in [2.75, 3.05) is 26.8 Å². The van der Waals surface area contributed by atoms with Crippen LogP contribution < -0.4 is 5.73 Å². The van der Waals surface area contributed by atoms with Crippen LogP contribution in [0.25, 0.3) is 0 Å². The number of ether oxygens (including phenoxy) is 1. The third-order valence-electron chi connectivity index (χ3n) is 3.35. The largest absolute Gasteiger partial charge is 0.409 e. The Balaban J connectivity index is 1.81. The smallest absolute Gasteiger partial charge is 0.189 e. The Morgan fingerprint density at radius 2 is 2.40 bits per heavy atom. The molecule has 1 fully saturated rings. The van der Waals surface area contributed by atoms with Gasteiger partial charge in [0.25, 0.3) is 0 Å². The van der Waals surface area contributed by atoms with Gasteiger partial charge in [-0.05, 0) is 37.4 Å². The highest BCUT2D eigenvalue weighted by molar-refractivity contribution is 5.96. The molecular formula is C14H22N4O2. The van der Waals surface area contributed by atoms with Crippen molar-refractivity contribution in [1.29, 1.82) is 0 Å². The number of amidine groups is 1. The van der Waals surface area contributed by atoms with Crippen LogP contribution in [0.15, 0.2) is 23.5 Å². The number of likely N-dealkylation sites (N-methyl/N-ethyl adjacent to an activating group) is 1. The zero-order chi connectivity index (χ0) is 14.4. The van der Waals surface area contributed by atoms with Gasteiger partial charge in [-0.25, -0.2) is 0 Å². The quantitative estimate of drug-likeness (QED) is 0.244. The van der Waals surface area contributed by atoms with Crippen LogP contribution in [-0.2, 0) is 11.3 Å². The minimum absolute atomic E-state index is 0.0407. The molecule has 1 aliphatic rings. The molecule has 1 aliphatic carbocycles. The first-order valence-corrected chi connectivity index (χ1v) is 6.88. The highest BCUT2D eigenvalue weighted by Gasteiger charge is 2.21. The number of pyridine rings is 1. The third-order valence-corrected chi connectivity index (χ3v) is 3.35. The molecule has 0 amide bonds. The second-order valence-electron chi connectivity index (χ2n) is 5.25. The molecule has 0 bridgehead atoms. The van der Waals surface area contributed by atoms with Crippen LogP contribution in [0.4, 0.5) is 0 Å². The summed E-state index contributed by atoms with van der Waals surface area (Å²) in [6, 6.07) is 3.78. The molecule has 0 saturated heterocycles. The van der Waals surface area contributed by atoms with Gasteiger partial charge in [0, 0.05) is 25.9 Å². The van der Waals surface area contributed by atoms with Crippen LogP contribution in [0.2, 0.25) is 0 Å². The fourth-order valence-corrected chi connectivity index (χ4v) is 1.97. The van der Waals surface area contributed by atoms with Gasteiger partial charge in [0.15, 0.2) is 5.84 Å². The van der Waals surface area contributed by atoms with E-state index in [1.807, 2.05) is 19.2 Å². The van der Waals surface area contributed by atoms with Crippen LogP contribution in [-0.4, -0.2) is 47.7 Å². The highest BCUT2D eigenvalue weighted by atomic mass is 16.5. The first kappa shape index (κ1) is 14.7. The predicted molar refractivity (Wildman–Crippen MR) is 76.6 cm³/mol. The van der Waals surface area contributed by atoms with E-state index < -0.39 is 0 Å². The molecule has 1 heterocycles. The lowest BCUT2D eigenvalue weighted by atomic mass is 10.1. The molecule has 1 aromatic heterocycles. The molecule has 0 radical (unpaired) electrons. The summed E-state index contributed by atoms with van der Waals surface area (Å²) in [4.78, 5) is 6.29. The number of nitrogens with two attached hydrogens (primary N) is 1. The molecule has 0 aromatic carbocycles. The zero-order valence-corrected chi connectivity index (χ0v) is 11.8. The Morgan fingerprint density at radius 1 is 1.60 bits per heavy atom. The number of rotatable bonds is 8. The minimum Gasteiger partial charge on any atom is -0.409 e. The van der Waals surface area contributed by atoms with Crippen molar-refractivity contribution in [2.24, 2.45) is 16.8 Å². The van der Waals surface area contributed by atoms with E-state index in [0.717, 1.165) is 31.2 Å². The van der Waals surface area contributed by atoms with E-state index in [4.69, 9.17) is 15.7 Å². The summed E-state index contributed by atoms with van der Waals surface area (Å²) in [6.07, 6.45) is 4.26. The monoisotopic (exact) mass is 278 g/mol. The van der Waals surface area contributed by atoms with Gasteiger partial charge in [0.1, 0.15) is 5.69 Å². The van der Waals surface area contributed by atoms with Crippen molar-refractivity contribution >= 4 is 5.84 Å². The highest BCUT2D eigenvalue weighted by Crippen LogP contribution is 2.28. The maximum Gasteiger partial charge on any atom is 0.189 e. The predicted octanol–water partition coefficient (Wildman–Crippen LogP) is 1.03. The van der Waals surface area contributed by atoms with E-state index in [1.165, 1.54) is 12.8 Å². The van der Waals surface area contributed by atoms with Crippen molar-refractivity contribution < 1.29 is 9.94 Å². The van der Waals surface area contributed by atoms with Gasteiger partial charge >= 0.3 is 0 Å². The Hall–Kier alpha value is -1.66. The summed E-state index contributed by atoms with van der Waals surface area (Å²) in [7, 11) is 2.02. The van der Waals surface area contributed by atoms with Crippen LogP contribution in [0.5, 0.6) is 0 Å². The second kappa shape index (κ2) is 7.21. The molecule has 110 valence electrons. The van der Waals surface area contributed by atoms with Crippen molar-refractivity contribution in [1.82, 2.24) is 9.88 Å². The first-order valence-electron chi connectivity index (χ1n) is 6.88. The van der Waals surface area contributed by atoms with E-state index in [9.17, 15) is 0 Å². The van der Waals surface area contributed by atoms with E-state index in [-0.39, 0.29) is 5.84 Å². The van der Waals surface area contributed by atoms with Gasteiger partial charge in [-0.2, -0.15) is 0 Å². The van der Waals surface area contributed by atoms with Crippen molar-refractivity contribution in [2.45, 2.75) is 19.4 Å². The SMILES string of the molecule is CN(CCOCC1CC1)Cc1cccnc1/C(N)=N/O. The molecule has 3 N–H and O–H groups in total. The molecule has 0 unspecified atom stereocenters. The van der Waals surface area contributed by atoms with E-state index in [2.05, 4.69) is 15.0 Å². The molecule has 2 rings (SSSR count). The van der Waals surface area contributed by atoms with Crippen LogP contribution in [0, 0.1) is 5.92 Å². The number of oxime groups is 1. The van der Waals surface area contributed by atoms with Crippen LogP contribution in [0.3, 0.4) is 0 Å². The summed E-state index contributed by atoms with van der Waals surface area (Å²) in [5.41, 5.74) is 7.09. The van der Waals surface area contributed by atoms with Gasteiger partial charge < -0.3 is 15.7 Å². The molecule has 1 saturated carbocycles. The van der Waals surface area contributed by atoms with Crippen molar-refractivity contribution in [3.8, 4) is 0 Å². The fraction of sp³-hybridized carbons (Fsp3) is 0.571. The normalized spacial score (nSPS) is 15.8. The Kier molecular flexibility index (Phi) is 5.31. The maximum absolute atomic E-state index is 8.77. The number of hydrogen-bond acceptors (Lipinski definition) is 5. The number of nitrogens with zero attached hydrogens (tertiary/aromatic N) is 3. The summed E-state index contributed by atoms with van der Waals surface area (Å²) < 4.78 is 5.62. The topological polar surface area (TPSA) is 84.0 Å². The van der Waals surface area contributed by atoms with Gasteiger partial charge in [0.2, 0.25) is 0 Å². The van der Waals surface area contributed by atoms with Gasteiger partial charge in [0.05, 0.1) is 6.61 Å². The molecule has 6 nitrogen and oxygen atoms in total. The molecule has 20 heavy (non-hydrogen) atoms. The lowest BCUT2D eigenvalue weighted by molar-refractivity contribution is 0.102. The standard InChI is InChI=1S/C14H22N4O2/c1-18(7-8-20-10-11-4-5-11)9-12-3-2-6-16-13(12)14(15)17-19/h2-3,6,11,19H,4-5,7-10H2,1H3,(H2,15,17). The van der Waals surface area contributed by atoms with Gasteiger partial charge in [-0.1, -0.05) is 11.2 Å². The Labute approximate surface area is 119 Å². The van der Waals surface area contributed by atoms with Crippen LogP contribution >= 0.6 is 0 Å². The molecule has 0 spiro atoms. The zero-order valence-electron chi connectivity index (χ0n) is 11.8. The average Bonchev–Trinajstić information content (AvgIpc) is 3.27.